The van der Waals surface area contributed by atoms with Gasteiger partial charge in [0.25, 0.3) is 0 Å². The van der Waals surface area contributed by atoms with Gasteiger partial charge in [-0.15, -0.1) is 0 Å². The van der Waals surface area contributed by atoms with Gasteiger partial charge < -0.3 is 9.47 Å². The fourth-order valence-electron chi connectivity index (χ4n) is 4.57. The Morgan fingerprint density at radius 1 is 0.882 bits per heavy atom. The molecule has 0 radical (unpaired) electrons. The summed E-state index contributed by atoms with van der Waals surface area (Å²) in [7, 11) is 0. The highest BCUT2D eigenvalue weighted by Gasteiger charge is 2.40. The molecule has 4 aromatic rings. The number of fused-ring (bicyclic) bond motifs is 3. The van der Waals surface area contributed by atoms with Crippen molar-refractivity contribution in [2.75, 3.05) is 0 Å². The van der Waals surface area contributed by atoms with Gasteiger partial charge >= 0.3 is 0 Å². The fraction of sp³-hybridized carbons (Fsp3) is 0.138. The summed E-state index contributed by atoms with van der Waals surface area (Å²) in [5.41, 5.74) is 5.04. The van der Waals surface area contributed by atoms with Crippen LogP contribution in [0.4, 0.5) is 4.39 Å². The summed E-state index contributed by atoms with van der Waals surface area (Å²) < 4.78 is 26.0. The maximum Gasteiger partial charge on any atom is 0.214 e. The van der Waals surface area contributed by atoms with E-state index in [1.54, 1.807) is 12.1 Å². The first kappa shape index (κ1) is 20.5. The topological polar surface area (TPSA) is 34.1 Å². The predicted molar refractivity (Wildman–Crippen MR) is 129 cm³/mol. The van der Waals surface area contributed by atoms with Crippen LogP contribution in [0, 0.1) is 5.82 Å². The maximum atomic E-state index is 13.5. The van der Waals surface area contributed by atoms with Crippen LogP contribution in [-0.4, -0.2) is 10.7 Å². The number of halogens is 1. The third-order valence-electron chi connectivity index (χ3n) is 6.27. The molecule has 0 fully saturated rings. The summed E-state index contributed by atoms with van der Waals surface area (Å²) in [5.74, 6) is 1.39. The highest BCUT2D eigenvalue weighted by atomic mass is 19.1. The normalized spacial score (nSPS) is 18.5. The van der Waals surface area contributed by atoms with Crippen LogP contribution in [0.1, 0.15) is 40.9 Å². The molecule has 0 saturated carbocycles. The second-order valence-corrected chi connectivity index (χ2v) is 8.51. The summed E-state index contributed by atoms with van der Waals surface area (Å²) >= 11 is 0. The first-order valence-electron chi connectivity index (χ1n) is 11.4. The molecule has 5 heteroatoms. The van der Waals surface area contributed by atoms with E-state index in [1.807, 2.05) is 77.8 Å². The van der Waals surface area contributed by atoms with Crippen molar-refractivity contribution in [3.05, 3.63) is 131 Å². The van der Waals surface area contributed by atoms with Crippen LogP contribution in [0.25, 0.3) is 0 Å². The van der Waals surface area contributed by atoms with Crippen molar-refractivity contribution in [3.63, 3.8) is 0 Å². The minimum Gasteiger partial charge on any atom is -0.489 e. The molecule has 0 aromatic heterocycles. The Labute approximate surface area is 197 Å². The molecule has 0 amide bonds. The molecule has 0 unspecified atom stereocenters. The lowest BCUT2D eigenvalue weighted by atomic mass is 9.96. The van der Waals surface area contributed by atoms with E-state index in [1.165, 1.54) is 12.1 Å². The van der Waals surface area contributed by atoms with Crippen LogP contribution in [0.3, 0.4) is 0 Å². The van der Waals surface area contributed by atoms with Gasteiger partial charge in [-0.05, 0) is 41.5 Å². The number of para-hydroxylation sites is 1. The van der Waals surface area contributed by atoms with Gasteiger partial charge in [-0.2, -0.15) is 5.10 Å². The highest BCUT2D eigenvalue weighted by Crippen LogP contribution is 2.47. The molecule has 2 atom stereocenters. The second kappa shape index (κ2) is 8.67. The largest absolute Gasteiger partial charge is 0.489 e. The van der Waals surface area contributed by atoms with Crippen molar-refractivity contribution in [2.24, 2.45) is 5.10 Å². The quantitative estimate of drug-likeness (QED) is 0.342. The van der Waals surface area contributed by atoms with Crippen molar-refractivity contribution in [1.29, 1.82) is 0 Å². The summed E-state index contributed by atoms with van der Waals surface area (Å²) in [5, 5.41) is 6.98. The Morgan fingerprint density at radius 2 is 1.68 bits per heavy atom. The van der Waals surface area contributed by atoms with E-state index in [0.29, 0.717) is 6.61 Å². The molecule has 6 rings (SSSR count). The number of benzene rings is 4. The number of hydrazone groups is 1. The summed E-state index contributed by atoms with van der Waals surface area (Å²) in [6.45, 7) is 0.498. The minimum absolute atomic E-state index is 0.0453. The third-order valence-corrected chi connectivity index (χ3v) is 6.27. The molecular formula is C29H23FN2O2. The number of rotatable bonds is 5. The molecule has 0 N–H and O–H groups in total. The Kier molecular flexibility index (Phi) is 5.22. The van der Waals surface area contributed by atoms with E-state index in [0.717, 1.165) is 45.9 Å². The highest BCUT2D eigenvalue weighted by molar-refractivity contribution is 6.01. The average Bonchev–Trinajstić information content (AvgIpc) is 3.34. The van der Waals surface area contributed by atoms with Gasteiger partial charge in [0.2, 0.25) is 6.23 Å². The van der Waals surface area contributed by atoms with Crippen LogP contribution in [0.2, 0.25) is 0 Å². The zero-order chi connectivity index (χ0) is 22.9. The van der Waals surface area contributed by atoms with Crippen LogP contribution < -0.4 is 9.47 Å². The second-order valence-electron chi connectivity index (χ2n) is 8.51. The molecule has 34 heavy (non-hydrogen) atoms. The first-order valence-corrected chi connectivity index (χ1v) is 11.4. The maximum absolute atomic E-state index is 13.5. The average molecular weight is 451 g/mol. The zero-order valence-electron chi connectivity index (χ0n) is 18.5. The van der Waals surface area contributed by atoms with Crippen LogP contribution in [-0.2, 0) is 6.61 Å². The van der Waals surface area contributed by atoms with Gasteiger partial charge in [0.05, 0.1) is 11.8 Å². The summed E-state index contributed by atoms with van der Waals surface area (Å²) in [4.78, 5) is 0. The molecule has 2 aliphatic rings. The number of hydrogen-bond acceptors (Lipinski definition) is 4. The van der Waals surface area contributed by atoms with Gasteiger partial charge in [-0.1, -0.05) is 72.8 Å². The number of nitrogens with zero attached hydrogens (tertiary/aromatic N) is 2. The Balaban J connectivity index is 1.32. The van der Waals surface area contributed by atoms with Gasteiger partial charge in [0.1, 0.15) is 23.9 Å². The number of ether oxygens (including phenoxy) is 2. The third kappa shape index (κ3) is 3.90. The van der Waals surface area contributed by atoms with Crippen molar-refractivity contribution < 1.29 is 13.9 Å². The van der Waals surface area contributed by atoms with Crippen molar-refractivity contribution >= 4 is 5.71 Å². The molecular weight excluding hydrogens is 427 g/mol. The lowest BCUT2D eigenvalue weighted by molar-refractivity contribution is -0.0191. The summed E-state index contributed by atoms with van der Waals surface area (Å²) in [6.07, 6.45) is 0.338. The van der Waals surface area contributed by atoms with Crippen LogP contribution in [0.15, 0.2) is 108 Å². The smallest absolute Gasteiger partial charge is 0.214 e. The van der Waals surface area contributed by atoms with E-state index in [2.05, 4.69) is 6.07 Å². The minimum atomic E-state index is -0.391. The van der Waals surface area contributed by atoms with E-state index in [9.17, 15) is 4.39 Å². The first-order chi connectivity index (χ1) is 16.7. The van der Waals surface area contributed by atoms with Crippen molar-refractivity contribution in [1.82, 2.24) is 5.01 Å². The van der Waals surface area contributed by atoms with Crippen molar-refractivity contribution in [3.8, 4) is 11.5 Å². The molecule has 4 nitrogen and oxygen atoms in total. The predicted octanol–water partition coefficient (Wildman–Crippen LogP) is 6.65. The molecule has 0 spiro atoms. The van der Waals surface area contributed by atoms with E-state index < -0.39 is 6.23 Å². The zero-order valence-corrected chi connectivity index (χ0v) is 18.5. The van der Waals surface area contributed by atoms with E-state index >= 15 is 0 Å². The monoisotopic (exact) mass is 450 g/mol. The van der Waals surface area contributed by atoms with Gasteiger partial charge in [-0.25, -0.2) is 9.40 Å². The SMILES string of the molecule is Fc1ccc(C2=NN3[C@@H](c4cccc(OCc5ccccc5)c4)Oc4ccccc4[C@@H]3C2)cc1. The Morgan fingerprint density at radius 3 is 2.53 bits per heavy atom. The molecule has 2 heterocycles. The molecule has 168 valence electrons. The number of hydrogen-bond donors (Lipinski definition) is 0. The Bertz CT molecular complexity index is 1340. The molecule has 4 aromatic carbocycles. The van der Waals surface area contributed by atoms with Gasteiger partial charge in [0, 0.05) is 17.5 Å². The van der Waals surface area contributed by atoms with Gasteiger partial charge in [-0.3, -0.25) is 0 Å². The lowest BCUT2D eigenvalue weighted by Crippen LogP contribution is -2.33. The lowest BCUT2D eigenvalue weighted by Gasteiger charge is -2.38. The van der Waals surface area contributed by atoms with Crippen molar-refractivity contribution in [2.45, 2.75) is 25.3 Å². The molecule has 2 aliphatic heterocycles. The Hall–Kier alpha value is -4.12. The molecule has 0 aliphatic carbocycles. The van der Waals surface area contributed by atoms with E-state index in [4.69, 9.17) is 14.6 Å². The molecule has 0 bridgehead atoms. The summed E-state index contributed by atoms with van der Waals surface area (Å²) in [6, 6.07) is 32.8. The standard InChI is InChI=1S/C29H23FN2O2/c30-23-15-13-21(14-16-23)26-18-27-25-11-4-5-12-28(25)34-29(32(27)31-26)22-9-6-10-24(17-22)33-19-20-7-2-1-3-8-20/h1-17,27,29H,18-19H2/t27-,29+/m0/s1. The van der Waals surface area contributed by atoms with E-state index in [-0.39, 0.29) is 11.9 Å². The fourth-order valence-corrected chi connectivity index (χ4v) is 4.57. The van der Waals surface area contributed by atoms with Crippen LogP contribution in [0.5, 0.6) is 11.5 Å². The molecule has 0 saturated heterocycles. The van der Waals surface area contributed by atoms with Gasteiger partial charge in [0.15, 0.2) is 0 Å². The van der Waals surface area contributed by atoms with Crippen LogP contribution >= 0.6 is 0 Å².